The quantitative estimate of drug-likeness (QED) is 0.473. The van der Waals surface area contributed by atoms with Gasteiger partial charge in [0.25, 0.3) is 0 Å². The largest absolute Gasteiger partial charge is 0.707 e. The van der Waals surface area contributed by atoms with Crippen LogP contribution in [0.1, 0.15) is 53.1 Å². The first-order valence-corrected chi connectivity index (χ1v) is 7.80. The van der Waals surface area contributed by atoms with Crippen LogP contribution in [0.2, 0.25) is 0 Å². The average molecular weight is 362 g/mol. The van der Waals surface area contributed by atoms with E-state index in [-0.39, 0.29) is 24.0 Å². The minimum Gasteiger partial charge on any atom is -0.510 e. The monoisotopic (exact) mass is 362 g/mol. The zero-order chi connectivity index (χ0) is 19.4. The normalized spacial score (nSPS) is 10.7. The lowest BCUT2D eigenvalue weighted by molar-refractivity contribution is 0.0689. The SMILES string of the molecule is CC(=O)c1ccc(OCc2cnn(C(C)C)c2)c(C(=O)O)c1OB(O)O. The Balaban J connectivity index is 2.37. The molecule has 1 aromatic heterocycles. The number of Topliss-reactive ketones (excluding diaryl/α,β-unsaturated/α-hetero) is 1. The molecule has 0 saturated heterocycles. The molecule has 9 nitrogen and oxygen atoms in total. The second-order valence-electron chi connectivity index (χ2n) is 5.83. The number of carbonyl (C=O) groups is 2. The molecule has 0 radical (unpaired) electrons. The molecular formula is C16H19BN2O7. The van der Waals surface area contributed by atoms with Gasteiger partial charge in [-0.2, -0.15) is 5.10 Å². The van der Waals surface area contributed by atoms with Crippen molar-refractivity contribution in [1.82, 2.24) is 9.78 Å². The summed E-state index contributed by atoms with van der Waals surface area (Å²) in [6.45, 7) is 5.17. The predicted molar refractivity (Wildman–Crippen MR) is 91.2 cm³/mol. The van der Waals surface area contributed by atoms with Gasteiger partial charge in [-0.15, -0.1) is 0 Å². The summed E-state index contributed by atoms with van der Waals surface area (Å²) in [4.78, 5) is 23.3. The Morgan fingerprint density at radius 2 is 2.00 bits per heavy atom. The summed E-state index contributed by atoms with van der Waals surface area (Å²) in [5.41, 5.74) is 0.146. The van der Waals surface area contributed by atoms with Crippen LogP contribution in [0.15, 0.2) is 24.5 Å². The minimum absolute atomic E-state index is 0.0353. The molecule has 0 spiro atoms. The Morgan fingerprint density at radius 1 is 1.31 bits per heavy atom. The van der Waals surface area contributed by atoms with Crippen LogP contribution < -0.4 is 9.39 Å². The molecule has 0 aliphatic heterocycles. The maximum absolute atomic E-state index is 11.7. The molecule has 0 fully saturated rings. The number of aromatic carboxylic acids is 1. The van der Waals surface area contributed by atoms with E-state index in [1.807, 2.05) is 13.8 Å². The maximum Gasteiger partial charge on any atom is 0.707 e. The Kier molecular flexibility index (Phi) is 6.01. The van der Waals surface area contributed by atoms with Gasteiger partial charge < -0.3 is 24.5 Å². The summed E-state index contributed by atoms with van der Waals surface area (Å²) in [5.74, 6) is -2.46. The number of rotatable bonds is 8. The van der Waals surface area contributed by atoms with E-state index in [2.05, 4.69) is 5.10 Å². The fraction of sp³-hybridized carbons (Fsp3) is 0.312. The fourth-order valence-corrected chi connectivity index (χ4v) is 2.29. The smallest absolute Gasteiger partial charge is 0.510 e. The first kappa shape index (κ1) is 19.5. The Morgan fingerprint density at radius 3 is 2.50 bits per heavy atom. The van der Waals surface area contributed by atoms with Gasteiger partial charge in [-0.25, -0.2) is 4.79 Å². The molecule has 0 atom stereocenters. The van der Waals surface area contributed by atoms with E-state index in [1.165, 1.54) is 19.1 Å². The molecule has 2 aromatic rings. The zero-order valence-corrected chi connectivity index (χ0v) is 14.5. The van der Waals surface area contributed by atoms with Gasteiger partial charge in [0.05, 0.1) is 11.8 Å². The third-order valence-corrected chi connectivity index (χ3v) is 3.51. The summed E-state index contributed by atoms with van der Waals surface area (Å²) in [5, 5.41) is 31.8. The van der Waals surface area contributed by atoms with Gasteiger partial charge in [-0.05, 0) is 32.9 Å². The molecule has 1 aromatic carbocycles. The molecule has 26 heavy (non-hydrogen) atoms. The Hall–Kier alpha value is -2.85. The zero-order valence-electron chi connectivity index (χ0n) is 14.5. The molecule has 0 saturated carbocycles. The summed E-state index contributed by atoms with van der Waals surface area (Å²) in [7, 11) is -2.29. The Labute approximate surface area is 150 Å². The number of ether oxygens (including phenoxy) is 1. The lowest BCUT2D eigenvalue weighted by atomic mass is 10.0. The molecular weight excluding hydrogens is 343 g/mol. The van der Waals surface area contributed by atoms with Gasteiger partial charge in [0.2, 0.25) is 0 Å². The van der Waals surface area contributed by atoms with Crippen molar-refractivity contribution in [3.8, 4) is 11.5 Å². The number of carboxylic acid groups (broad SMARTS) is 1. The summed E-state index contributed by atoms with van der Waals surface area (Å²) >= 11 is 0. The van der Waals surface area contributed by atoms with Crippen molar-refractivity contribution in [3.63, 3.8) is 0 Å². The lowest BCUT2D eigenvalue weighted by Crippen LogP contribution is -2.24. The van der Waals surface area contributed by atoms with Crippen molar-refractivity contribution in [1.29, 1.82) is 0 Å². The topological polar surface area (TPSA) is 131 Å². The van der Waals surface area contributed by atoms with E-state index in [0.29, 0.717) is 0 Å². The molecule has 1 heterocycles. The van der Waals surface area contributed by atoms with E-state index in [4.69, 9.17) is 19.4 Å². The molecule has 0 aliphatic carbocycles. The number of benzene rings is 1. The molecule has 2 rings (SSSR count). The summed E-state index contributed by atoms with van der Waals surface area (Å²) in [6.07, 6.45) is 3.36. The number of aromatic nitrogens is 2. The molecule has 3 N–H and O–H groups in total. The van der Waals surface area contributed by atoms with Gasteiger partial charge in [0, 0.05) is 17.8 Å². The van der Waals surface area contributed by atoms with Crippen molar-refractivity contribution in [3.05, 3.63) is 41.2 Å². The number of carbonyl (C=O) groups excluding carboxylic acids is 1. The van der Waals surface area contributed by atoms with Gasteiger partial charge in [0.1, 0.15) is 23.7 Å². The van der Waals surface area contributed by atoms with Crippen molar-refractivity contribution in [2.24, 2.45) is 0 Å². The average Bonchev–Trinajstić information content (AvgIpc) is 3.00. The number of hydrogen-bond donors (Lipinski definition) is 3. The molecule has 0 amide bonds. The van der Waals surface area contributed by atoms with E-state index < -0.39 is 30.4 Å². The molecule has 0 aliphatic rings. The molecule has 10 heteroatoms. The van der Waals surface area contributed by atoms with Crippen LogP contribution in [-0.2, 0) is 6.61 Å². The van der Waals surface area contributed by atoms with Gasteiger partial charge >= 0.3 is 13.3 Å². The second kappa shape index (κ2) is 8.02. The van der Waals surface area contributed by atoms with Crippen molar-refractivity contribution >= 4 is 19.1 Å². The second-order valence-corrected chi connectivity index (χ2v) is 5.83. The van der Waals surface area contributed by atoms with Crippen LogP contribution in [0, 0.1) is 0 Å². The van der Waals surface area contributed by atoms with E-state index in [1.54, 1.807) is 17.1 Å². The number of hydrogen-bond acceptors (Lipinski definition) is 7. The molecule has 138 valence electrons. The van der Waals surface area contributed by atoms with E-state index in [0.717, 1.165) is 5.56 Å². The standard InChI is InChI=1S/C16H19BN2O7/c1-9(2)19-7-11(6-18-19)8-25-13-5-4-12(10(3)20)15(26-17(23)24)14(13)16(21)22/h4-7,9,23-24H,8H2,1-3H3,(H,21,22). The number of ketones is 1. The third kappa shape index (κ3) is 4.41. The predicted octanol–water partition coefficient (Wildman–Crippen LogP) is 1.29. The van der Waals surface area contributed by atoms with E-state index >= 15 is 0 Å². The van der Waals surface area contributed by atoms with E-state index in [9.17, 15) is 14.7 Å². The molecule has 0 unspecified atom stereocenters. The van der Waals surface area contributed by atoms with Gasteiger partial charge in [-0.3, -0.25) is 9.48 Å². The summed E-state index contributed by atoms with van der Waals surface area (Å²) in [6, 6.07) is 2.79. The van der Waals surface area contributed by atoms with Gasteiger partial charge in [-0.1, -0.05) is 0 Å². The lowest BCUT2D eigenvalue weighted by Gasteiger charge is -2.16. The minimum atomic E-state index is -2.29. The Bertz CT molecular complexity index is 817. The van der Waals surface area contributed by atoms with Crippen LogP contribution in [0.25, 0.3) is 0 Å². The van der Waals surface area contributed by atoms with Crippen LogP contribution in [-0.4, -0.2) is 44.0 Å². The highest BCUT2D eigenvalue weighted by Gasteiger charge is 2.27. The summed E-state index contributed by atoms with van der Waals surface area (Å²) < 4.78 is 12.0. The molecule has 0 bridgehead atoms. The highest BCUT2D eigenvalue weighted by Crippen LogP contribution is 2.33. The first-order valence-electron chi connectivity index (χ1n) is 7.80. The van der Waals surface area contributed by atoms with Crippen molar-refractivity contribution in [2.75, 3.05) is 0 Å². The number of carboxylic acids is 1. The fourth-order valence-electron chi connectivity index (χ4n) is 2.29. The van der Waals surface area contributed by atoms with Gasteiger partial charge in [0.15, 0.2) is 5.78 Å². The van der Waals surface area contributed by atoms with Crippen LogP contribution >= 0.6 is 0 Å². The van der Waals surface area contributed by atoms with Crippen LogP contribution in [0.4, 0.5) is 0 Å². The van der Waals surface area contributed by atoms with Crippen LogP contribution in [0.3, 0.4) is 0 Å². The third-order valence-electron chi connectivity index (χ3n) is 3.51. The highest BCUT2D eigenvalue weighted by atomic mass is 16.6. The van der Waals surface area contributed by atoms with Crippen molar-refractivity contribution in [2.45, 2.75) is 33.4 Å². The van der Waals surface area contributed by atoms with Crippen molar-refractivity contribution < 1.29 is 34.1 Å². The van der Waals surface area contributed by atoms with Crippen LogP contribution in [0.5, 0.6) is 11.5 Å². The number of nitrogens with zero attached hydrogens (tertiary/aromatic N) is 2. The maximum atomic E-state index is 11.7. The first-order chi connectivity index (χ1) is 12.2. The highest BCUT2D eigenvalue weighted by molar-refractivity contribution is 6.34.